The van der Waals surface area contributed by atoms with Gasteiger partial charge in [0.2, 0.25) is 0 Å². The third-order valence-corrected chi connectivity index (χ3v) is 4.33. The van der Waals surface area contributed by atoms with Crippen molar-refractivity contribution >= 4 is 0 Å². The molecule has 0 spiro atoms. The van der Waals surface area contributed by atoms with E-state index in [-0.39, 0.29) is 18.0 Å². The second-order valence-electron chi connectivity index (χ2n) is 5.89. The molecular weight excluding hydrogens is 243 g/mol. The fourth-order valence-corrected chi connectivity index (χ4v) is 3.01. The van der Waals surface area contributed by atoms with Crippen LogP contribution in [0.1, 0.15) is 18.9 Å². The SMILES string of the molecule is CC1CCN(CC2Cc3cc(F)ccc3O2)CC1N. The zero-order valence-electron chi connectivity index (χ0n) is 11.3. The normalized spacial score (nSPS) is 31.0. The van der Waals surface area contributed by atoms with Crippen LogP contribution in [0, 0.1) is 11.7 Å². The van der Waals surface area contributed by atoms with Gasteiger partial charge in [0, 0.05) is 31.1 Å². The zero-order chi connectivity index (χ0) is 13.4. The number of ether oxygens (including phenoxy) is 1. The summed E-state index contributed by atoms with van der Waals surface area (Å²) in [5, 5.41) is 0. The lowest BCUT2D eigenvalue weighted by Crippen LogP contribution is -2.50. The van der Waals surface area contributed by atoms with Gasteiger partial charge in [0.1, 0.15) is 17.7 Å². The quantitative estimate of drug-likeness (QED) is 0.885. The van der Waals surface area contributed by atoms with E-state index in [9.17, 15) is 4.39 Å². The largest absolute Gasteiger partial charge is 0.488 e. The van der Waals surface area contributed by atoms with E-state index in [1.54, 1.807) is 12.1 Å². The molecule has 2 heterocycles. The summed E-state index contributed by atoms with van der Waals surface area (Å²) in [4.78, 5) is 2.37. The summed E-state index contributed by atoms with van der Waals surface area (Å²) >= 11 is 0. The Morgan fingerprint density at radius 2 is 2.32 bits per heavy atom. The van der Waals surface area contributed by atoms with Crippen LogP contribution in [0.3, 0.4) is 0 Å². The minimum absolute atomic E-state index is 0.136. The molecule has 3 atom stereocenters. The molecule has 0 saturated carbocycles. The van der Waals surface area contributed by atoms with Gasteiger partial charge in [-0.1, -0.05) is 6.92 Å². The van der Waals surface area contributed by atoms with Crippen LogP contribution >= 0.6 is 0 Å². The minimum atomic E-state index is -0.184. The number of halogens is 1. The van der Waals surface area contributed by atoms with Gasteiger partial charge >= 0.3 is 0 Å². The van der Waals surface area contributed by atoms with E-state index in [0.717, 1.165) is 43.8 Å². The summed E-state index contributed by atoms with van der Waals surface area (Å²) in [6.07, 6.45) is 2.08. The predicted octanol–water partition coefficient (Wildman–Crippen LogP) is 1.80. The van der Waals surface area contributed by atoms with Crippen molar-refractivity contribution in [2.24, 2.45) is 11.7 Å². The van der Waals surface area contributed by atoms with Gasteiger partial charge < -0.3 is 10.5 Å². The lowest BCUT2D eigenvalue weighted by molar-refractivity contribution is 0.109. The maximum atomic E-state index is 13.2. The molecule has 1 aromatic rings. The first-order valence-electron chi connectivity index (χ1n) is 7.05. The molecule has 3 unspecified atom stereocenters. The monoisotopic (exact) mass is 264 g/mol. The van der Waals surface area contributed by atoms with E-state index >= 15 is 0 Å². The molecule has 1 saturated heterocycles. The number of rotatable bonds is 2. The first-order valence-corrected chi connectivity index (χ1v) is 7.05. The van der Waals surface area contributed by atoms with Crippen LogP contribution in [-0.4, -0.2) is 36.7 Å². The molecule has 1 aromatic carbocycles. The number of fused-ring (bicyclic) bond motifs is 1. The third kappa shape index (κ3) is 2.74. The molecule has 2 aliphatic rings. The zero-order valence-corrected chi connectivity index (χ0v) is 11.3. The third-order valence-electron chi connectivity index (χ3n) is 4.33. The number of hydrogen-bond donors (Lipinski definition) is 1. The molecule has 0 radical (unpaired) electrons. The van der Waals surface area contributed by atoms with E-state index in [1.807, 2.05) is 0 Å². The number of nitrogens with zero attached hydrogens (tertiary/aromatic N) is 1. The number of benzene rings is 1. The molecule has 4 heteroatoms. The molecule has 104 valence electrons. The van der Waals surface area contributed by atoms with Crippen molar-refractivity contribution in [2.75, 3.05) is 19.6 Å². The Labute approximate surface area is 113 Å². The highest BCUT2D eigenvalue weighted by atomic mass is 19.1. The van der Waals surface area contributed by atoms with Gasteiger partial charge in [-0.2, -0.15) is 0 Å². The molecule has 0 bridgehead atoms. The van der Waals surface area contributed by atoms with E-state index in [4.69, 9.17) is 10.5 Å². The van der Waals surface area contributed by atoms with Crippen molar-refractivity contribution < 1.29 is 9.13 Å². The summed E-state index contributed by atoms with van der Waals surface area (Å²) in [6.45, 7) is 5.12. The molecule has 2 aliphatic heterocycles. The second-order valence-corrected chi connectivity index (χ2v) is 5.89. The summed E-state index contributed by atoms with van der Waals surface area (Å²) in [7, 11) is 0. The van der Waals surface area contributed by atoms with Gasteiger partial charge in [-0.15, -0.1) is 0 Å². The lowest BCUT2D eigenvalue weighted by atomic mass is 9.94. The predicted molar refractivity (Wildman–Crippen MR) is 72.7 cm³/mol. The second kappa shape index (κ2) is 5.10. The van der Waals surface area contributed by atoms with Gasteiger partial charge in [0.15, 0.2) is 0 Å². The standard InChI is InChI=1S/C15H21FN2O/c1-10-4-5-18(9-14(10)17)8-13-7-11-6-12(16)2-3-15(11)19-13/h2-3,6,10,13-14H,4-5,7-9,17H2,1H3. The van der Waals surface area contributed by atoms with Crippen molar-refractivity contribution in [3.05, 3.63) is 29.6 Å². The molecule has 1 fully saturated rings. The number of likely N-dealkylation sites (tertiary alicyclic amines) is 1. The van der Waals surface area contributed by atoms with Crippen LogP contribution in [0.2, 0.25) is 0 Å². The summed E-state index contributed by atoms with van der Waals surface area (Å²) < 4.78 is 19.0. The van der Waals surface area contributed by atoms with E-state index in [0.29, 0.717) is 5.92 Å². The van der Waals surface area contributed by atoms with Gasteiger partial charge in [0.05, 0.1) is 0 Å². The Hall–Kier alpha value is -1.13. The van der Waals surface area contributed by atoms with Crippen LogP contribution in [0.25, 0.3) is 0 Å². The minimum Gasteiger partial charge on any atom is -0.488 e. The molecule has 0 amide bonds. The highest BCUT2D eigenvalue weighted by Crippen LogP contribution is 2.30. The molecule has 0 aromatic heterocycles. The van der Waals surface area contributed by atoms with Crippen molar-refractivity contribution in [1.29, 1.82) is 0 Å². The maximum Gasteiger partial charge on any atom is 0.123 e. The van der Waals surface area contributed by atoms with Crippen molar-refractivity contribution in [2.45, 2.75) is 31.9 Å². The first kappa shape index (κ1) is 12.9. The average Bonchev–Trinajstić information content (AvgIpc) is 2.75. The Bertz CT molecular complexity index is 465. The topological polar surface area (TPSA) is 38.5 Å². The molecule has 0 aliphatic carbocycles. The molecular formula is C15H21FN2O. The Kier molecular flexibility index (Phi) is 3.46. The van der Waals surface area contributed by atoms with Crippen LogP contribution in [0.15, 0.2) is 18.2 Å². The van der Waals surface area contributed by atoms with Crippen molar-refractivity contribution in [3.8, 4) is 5.75 Å². The van der Waals surface area contributed by atoms with Crippen LogP contribution in [-0.2, 0) is 6.42 Å². The lowest BCUT2D eigenvalue weighted by Gasteiger charge is -2.36. The number of nitrogens with two attached hydrogens (primary N) is 1. The summed E-state index contributed by atoms with van der Waals surface area (Å²) in [5.74, 6) is 1.25. The summed E-state index contributed by atoms with van der Waals surface area (Å²) in [6, 6.07) is 5.03. The Balaban J connectivity index is 1.59. The van der Waals surface area contributed by atoms with E-state index in [2.05, 4.69) is 11.8 Å². The average molecular weight is 264 g/mol. The van der Waals surface area contributed by atoms with E-state index < -0.39 is 0 Å². The molecule has 2 N–H and O–H groups in total. The van der Waals surface area contributed by atoms with E-state index in [1.165, 1.54) is 6.07 Å². The highest BCUT2D eigenvalue weighted by molar-refractivity contribution is 5.37. The fraction of sp³-hybridized carbons (Fsp3) is 0.600. The Morgan fingerprint density at radius 3 is 3.11 bits per heavy atom. The van der Waals surface area contributed by atoms with Crippen LogP contribution < -0.4 is 10.5 Å². The van der Waals surface area contributed by atoms with Gasteiger partial charge in [-0.25, -0.2) is 4.39 Å². The highest BCUT2D eigenvalue weighted by Gasteiger charge is 2.29. The maximum absolute atomic E-state index is 13.2. The molecule has 19 heavy (non-hydrogen) atoms. The van der Waals surface area contributed by atoms with Crippen LogP contribution in [0.5, 0.6) is 5.75 Å². The van der Waals surface area contributed by atoms with Gasteiger partial charge in [-0.05, 0) is 37.1 Å². The fourth-order valence-electron chi connectivity index (χ4n) is 3.01. The smallest absolute Gasteiger partial charge is 0.123 e. The first-order chi connectivity index (χ1) is 9.11. The van der Waals surface area contributed by atoms with Gasteiger partial charge in [-0.3, -0.25) is 4.90 Å². The van der Waals surface area contributed by atoms with Crippen molar-refractivity contribution in [3.63, 3.8) is 0 Å². The number of piperidine rings is 1. The van der Waals surface area contributed by atoms with Gasteiger partial charge in [0.25, 0.3) is 0 Å². The number of hydrogen-bond acceptors (Lipinski definition) is 3. The van der Waals surface area contributed by atoms with Crippen LogP contribution in [0.4, 0.5) is 4.39 Å². The van der Waals surface area contributed by atoms with Crippen molar-refractivity contribution in [1.82, 2.24) is 4.90 Å². The molecule has 3 nitrogen and oxygen atoms in total. The molecule has 3 rings (SSSR count). The summed E-state index contributed by atoms with van der Waals surface area (Å²) in [5.41, 5.74) is 7.10. The Morgan fingerprint density at radius 1 is 1.47 bits per heavy atom.